The summed E-state index contributed by atoms with van der Waals surface area (Å²) in [4.78, 5) is 22.2. The molecule has 2 bridgehead atoms. The lowest BCUT2D eigenvalue weighted by Gasteiger charge is -2.24. The predicted octanol–water partition coefficient (Wildman–Crippen LogP) is 2.18. The number of rotatable bonds is 2. The monoisotopic (exact) mass is 220 g/mol. The first-order valence-electron chi connectivity index (χ1n) is 4.50. The highest BCUT2D eigenvalue weighted by Gasteiger charge is 2.52. The smallest absolute Gasteiger partial charge is 0.225 e. The normalized spacial score (nSPS) is 42.3. The van der Waals surface area contributed by atoms with E-state index in [4.69, 9.17) is 23.2 Å². The maximum atomic E-state index is 11.1. The van der Waals surface area contributed by atoms with Crippen molar-refractivity contribution < 1.29 is 9.59 Å². The molecule has 0 spiro atoms. The molecule has 0 radical (unpaired) electrons. The van der Waals surface area contributed by atoms with Gasteiger partial charge in [-0.25, -0.2) is 0 Å². The highest BCUT2D eigenvalue weighted by Crippen LogP contribution is 2.53. The summed E-state index contributed by atoms with van der Waals surface area (Å²) < 4.78 is 0. The summed E-state index contributed by atoms with van der Waals surface area (Å²) in [6.45, 7) is 0. The van der Waals surface area contributed by atoms with Crippen LogP contribution in [0.1, 0.15) is 19.3 Å². The van der Waals surface area contributed by atoms with Crippen LogP contribution < -0.4 is 0 Å². The number of halogens is 2. The Balaban J connectivity index is 2.24. The standard InChI is InChI=1S/C9H10Cl2O2/c10-8(12)6-4-1-2-5(3-4)7(6)9(11)13/h4-7H,1-3H2/t4-,5+,6+,7-. The number of carbonyl (C=O) groups is 2. The zero-order valence-corrected chi connectivity index (χ0v) is 8.52. The Morgan fingerprint density at radius 2 is 1.31 bits per heavy atom. The van der Waals surface area contributed by atoms with Crippen molar-refractivity contribution in [1.29, 1.82) is 0 Å². The molecule has 0 heterocycles. The molecule has 0 N–H and O–H groups in total. The molecule has 0 unspecified atom stereocenters. The van der Waals surface area contributed by atoms with Crippen molar-refractivity contribution in [3.8, 4) is 0 Å². The largest absolute Gasteiger partial charge is 0.281 e. The van der Waals surface area contributed by atoms with Gasteiger partial charge in [-0.3, -0.25) is 9.59 Å². The van der Waals surface area contributed by atoms with Crippen LogP contribution in [0, 0.1) is 23.7 Å². The van der Waals surface area contributed by atoms with Gasteiger partial charge >= 0.3 is 0 Å². The summed E-state index contributed by atoms with van der Waals surface area (Å²) in [7, 11) is 0. The summed E-state index contributed by atoms with van der Waals surface area (Å²) in [5, 5.41) is -0.766. The van der Waals surface area contributed by atoms with E-state index in [1.165, 1.54) is 0 Å². The number of hydrogen-bond acceptors (Lipinski definition) is 2. The van der Waals surface area contributed by atoms with Gasteiger partial charge < -0.3 is 0 Å². The third-order valence-corrected chi connectivity index (χ3v) is 3.94. The van der Waals surface area contributed by atoms with E-state index < -0.39 is 0 Å². The fourth-order valence-electron chi connectivity index (χ4n) is 2.94. The fraction of sp³-hybridized carbons (Fsp3) is 0.778. The van der Waals surface area contributed by atoms with Crippen LogP contribution in [0.2, 0.25) is 0 Å². The SMILES string of the molecule is O=C(Cl)[C@@H]1[C@H]2CC[C@H](C2)[C@@H]1C(=O)Cl. The number of carbonyl (C=O) groups excluding carboxylic acids is 2. The van der Waals surface area contributed by atoms with Crippen molar-refractivity contribution in [2.45, 2.75) is 19.3 Å². The van der Waals surface area contributed by atoms with Gasteiger partial charge in [-0.2, -0.15) is 0 Å². The quantitative estimate of drug-likeness (QED) is 0.669. The average molecular weight is 221 g/mol. The van der Waals surface area contributed by atoms with Crippen LogP contribution in [0.3, 0.4) is 0 Å². The lowest BCUT2D eigenvalue weighted by Crippen LogP contribution is -2.30. The summed E-state index contributed by atoms with van der Waals surface area (Å²) in [6.07, 6.45) is 3.00. The minimum absolute atomic E-state index is 0.301. The topological polar surface area (TPSA) is 34.1 Å². The van der Waals surface area contributed by atoms with Gasteiger partial charge in [0.2, 0.25) is 10.5 Å². The highest BCUT2D eigenvalue weighted by molar-refractivity contribution is 6.66. The van der Waals surface area contributed by atoms with Gasteiger partial charge in [0.15, 0.2) is 0 Å². The first-order valence-corrected chi connectivity index (χ1v) is 5.25. The fourth-order valence-corrected chi connectivity index (χ4v) is 3.57. The Kier molecular flexibility index (Phi) is 2.37. The zero-order chi connectivity index (χ0) is 9.59. The van der Waals surface area contributed by atoms with Crippen LogP contribution in [0.15, 0.2) is 0 Å². The van der Waals surface area contributed by atoms with Crippen molar-refractivity contribution >= 4 is 33.7 Å². The van der Waals surface area contributed by atoms with Gasteiger partial charge in [-0.1, -0.05) is 0 Å². The van der Waals surface area contributed by atoms with Crippen molar-refractivity contribution in [2.75, 3.05) is 0 Å². The van der Waals surface area contributed by atoms with E-state index in [-0.39, 0.29) is 22.3 Å². The molecule has 2 aliphatic rings. The highest BCUT2D eigenvalue weighted by atomic mass is 35.5. The minimum Gasteiger partial charge on any atom is -0.281 e. The summed E-state index contributed by atoms with van der Waals surface area (Å²) in [5.41, 5.74) is 0. The zero-order valence-electron chi connectivity index (χ0n) is 7.00. The minimum atomic E-state index is -0.383. The molecule has 2 rings (SSSR count). The second-order valence-corrected chi connectivity index (χ2v) is 4.74. The summed E-state index contributed by atoms with van der Waals surface area (Å²) in [6, 6.07) is 0. The maximum absolute atomic E-state index is 11.1. The van der Waals surface area contributed by atoms with Gasteiger partial charge in [-0.05, 0) is 54.3 Å². The van der Waals surface area contributed by atoms with E-state index in [1.807, 2.05) is 0 Å². The van der Waals surface area contributed by atoms with Crippen LogP contribution in [-0.4, -0.2) is 10.5 Å². The molecule has 0 aromatic carbocycles. The van der Waals surface area contributed by atoms with Crippen LogP contribution in [0.25, 0.3) is 0 Å². The number of fused-ring (bicyclic) bond motifs is 2. The predicted molar refractivity (Wildman–Crippen MR) is 49.5 cm³/mol. The van der Waals surface area contributed by atoms with Gasteiger partial charge in [0.25, 0.3) is 0 Å². The molecule has 0 amide bonds. The molecular formula is C9H10Cl2O2. The molecule has 0 aromatic rings. The third-order valence-electron chi connectivity index (χ3n) is 3.44. The Labute approximate surface area is 86.6 Å². The Morgan fingerprint density at radius 3 is 1.62 bits per heavy atom. The van der Waals surface area contributed by atoms with Gasteiger partial charge in [0.05, 0.1) is 0 Å². The Hall–Kier alpha value is -0.0800. The summed E-state index contributed by atoms with van der Waals surface area (Å²) in [5.74, 6) is 0.0150. The van der Waals surface area contributed by atoms with E-state index in [0.717, 1.165) is 19.3 Å². The molecule has 0 aromatic heterocycles. The summed E-state index contributed by atoms with van der Waals surface area (Å²) >= 11 is 10.9. The van der Waals surface area contributed by atoms with Crippen LogP contribution in [0.5, 0.6) is 0 Å². The van der Waals surface area contributed by atoms with E-state index in [1.54, 1.807) is 0 Å². The van der Waals surface area contributed by atoms with E-state index in [2.05, 4.69) is 0 Å². The maximum Gasteiger partial charge on any atom is 0.225 e. The van der Waals surface area contributed by atoms with E-state index in [0.29, 0.717) is 11.8 Å². The van der Waals surface area contributed by atoms with Crippen molar-refractivity contribution in [2.24, 2.45) is 23.7 Å². The third kappa shape index (κ3) is 1.40. The molecule has 2 aliphatic carbocycles. The lowest BCUT2D eigenvalue weighted by molar-refractivity contribution is -0.125. The van der Waals surface area contributed by atoms with Crippen LogP contribution >= 0.6 is 23.2 Å². The first-order chi connectivity index (χ1) is 6.11. The second-order valence-electron chi connectivity index (χ2n) is 3.99. The molecule has 4 atom stereocenters. The van der Waals surface area contributed by atoms with Crippen molar-refractivity contribution in [3.05, 3.63) is 0 Å². The van der Waals surface area contributed by atoms with Gasteiger partial charge in [-0.15, -0.1) is 0 Å². The molecule has 13 heavy (non-hydrogen) atoms. The van der Waals surface area contributed by atoms with Gasteiger partial charge in [0, 0.05) is 11.8 Å². The van der Waals surface area contributed by atoms with E-state index in [9.17, 15) is 9.59 Å². The molecule has 72 valence electrons. The Bertz CT molecular complexity index is 238. The molecular weight excluding hydrogens is 211 g/mol. The number of hydrogen-bond donors (Lipinski definition) is 0. The van der Waals surface area contributed by atoms with E-state index >= 15 is 0 Å². The lowest BCUT2D eigenvalue weighted by atomic mass is 9.81. The van der Waals surface area contributed by atoms with Crippen molar-refractivity contribution in [3.63, 3.8) is 0 Å². The van der Waals surface area contributed by atoms with Crippen LogP contribution in [0.4, 0.5) is 0 Å². The average Bonchev–Trinajstić information content (AvgIpc) is 2.60. The van der Waals surface area contributed by atoms with Crippen LogP contribution in [-0.2, 0) is 9.59 Å². The molecule has 4 heteroatoms. The molecule has 2 saturated carbocycles. The first kappa shape index (κ1) is 9.47. The van der Waals surface area contributed by atoms with Gasteiger partial charge in [0.1, 0.15) is 0 Å². The van der Waals surface area contributed by atoms with Crippen molar-refractivity contribution in [1.82, 2.24) is 0 Å². The molecule has 0 saturated heterocycles. The molecule has 0 aliphatic heterocycles. The second kappa shape index (κ2) is 3.25. The molecule has 2 nitrogen and oxygen atoms in total. The Morgan fingerprint density at radius 1 is 0.923 bits per heavy atom. The molecule has 2 fully saturated rings.